The zero-order valence-corrected chi connectivity index (χ0v) is 9.13. The van der Waals surface area contributed by atoms with Crippen molar-refractivity contribution in [3.8, 4) is 5.75 Å². The SMILES string of the molecule is COc1ccc(C2CCCC2Cl)cc1. The number of methoxy groups -OCH3 is 1. The van der Waals surface area contributed by atoms with E-state index in [4.69, 9.17) is 16.3 Å². The van der Waals surface area contributed by atoms with E-state index in [1.165, 1.54) is 18.4 Å². The lowest BCUT2D eigenvalue weighted by Crippen LogP contribution is -2.04. The molecular formula is C12H15ClO. The maximum Gasteiger partial charge on any atom is 0.118 e. The van der Waals surface area contributed by atoms with Crippen molar-refractivity contribution >= 4 is 11.6 Å². The molecule has 0 spiro atoms. The topological polar surface area (TPSA) is 9.23 Å². The summed E-state index contributed by atoms with van der Waals surface area (Å²) in [5.41, 5.74) is 1.35. The van der Waals surface area contributed by atoms with Crippen molar-refractivity contribution in [2.24, 2.45) is 0 Å². The molecule has 2 unspecified atom stereocenters. The Kier molecular flexibility index (Phi) is 2.97. The van der Waals surface area contributed by atoms with Gasteiger partial charge in [0, 0.05) is 11.3 Å². The molecule has 2 atom stereocenters. The summed E-state index contributed by atoms with van der Waals surface area (Å²) in [5, 5.41) is 0.323. The molecule has 0 saturated heterocycles. The maximum atomic E-state index is 6.26. The van der Waals surface area contributed by atoms with E-state index in [0.717, 1.165) is 12.2 Å². The van der Waals surface area contributed by atoms with E-state index >= 15 is 0 Å². The molecule has 2 heteroatoms. The molecule has 1 aromatic rings. The number of alkyl halides is 1. The second kappa shape index (κ2) is 4.22. The Labute approximate surface area is 90.0 Å². The van der Waals surface area contributed by atoms with Crippen LogP contribution in [-0.2, 0) is 0 Å². The lowest BCUT2D eigenvalue weighted by atomic mass is 9.97. The van der Waals surface area contributed by atoms with Crippen molar-refractivity contribution in [2.45, 2.75) is 30.6 Å². The van der Waals surface area contributed by atoms with Crippen LogP contribution < -0.4 is 4.74 Å². The van der Waals surface area contributed by atoms with Gasteiger partial charge in [-0.1, -0.05) is 18.6 Å². The molecule has 0 amide bonds. The molecule has 0 aliphatic heterocycles. The first-order valence-corrected chi connectivity index (χ1v) is 5.53. The van der Waals surface area contributed by atoms with E-state index < -0.39 is 0 Å². The van der Waals surface area contributed by atoms with E-state index in [-0.39, 0.29) is 0 Å². The molecule has 1 fully saturated rings. The van der Waals surface area contributed by atoms with Crippen LogP contribution in [0.1, 0.15) is 30.7 Å². The van der Waals surface area contributed by atoms with Crippen LogP contribution in [0, 0.1) is 0 Å². The van der Waals surface area contributed by atoms with Gasteiger partial charge in [0.05, 0.1) is 7.11 Å². The van der Waals surface area contributed by atoms with Crippen LogP contribution in [0.2, 0.25) is 0 Å². The molecule has 1 aromatic carbocycles. The molecule has 0 heterocycles. The van der Waals surface area contributed by atoms with Gasteiger partial charge in [0.2, 0.25) is 0 Å². The van der Waals surface area contributed by atoms with Crippen molar-refractivity contribution in [3.63, 3.8) is 0 Å². The van der Waals surface area contributed by atoms with Crippen LogP contribution in [0.25, 0.3) is 0 Å². The van der Waals surface area contributed by atoms with Crippen LogP contribution in [-0.4, -0.2) is 12.5 Å². The summed E-state index contributed by atoms with van der Waals surface area (Å²) in [4.78, 5) is 0. The van der Waals surface area contributed by atoms with Crippen LogP contribution >= 0.6 is 11.6 Å². The largest absolute Gasteiger partial charge is 0.497 e. The number of rotatable bonds is 2. The molecule has 0 bridgehead atoms. The second-order valence-corrected chi connectivity index (χ2v) is 4.39. The molecule has 76 valence electrons. The number of benzene rings is 1. The molecule has 0 aromatic heterocycles. The predicted molar refractivity (Wildman–Crippen MR) is 59.2 cm³/mol. The first-order chi connectivity index (χ1) is 6.81. The van der Waals surface area contributed by atoms with Gasteiger partial charge < -0.3 is 4.74 Å². The van der Waals surface area contributed by atoms with E-state index in [0.29, 0.717) is 11.3 Å². The Morgan fingerprint density at radius 2 is 1.93 bits per heavy atom. The van der Waals surface area contributed by atoms with E-state index in [9.17, 15) is 0 Å². The molecule has 1 aliphatic carbocycles. The normalized spacial score (nSPS) is 26.4. The average Bonchev–Trinajstić information content (AvgIpc) is 2.65. The third-order valence-corrected chi connectivity index (χ3v) is 3.50. The van der Waals surface area contributed by atoms with Gasteiger partial charge in [-0.2, -0.15) is 0 Å². The van der Waals surface area contributed by atoms with Crippen molar-refractivity contribution in [1.29, 1.82) is 0 Å². The highest BCUT2D eigenvalue weighted by Crippen LogP contribution is 2.38. The monoisotopic (exact) mass is 210 g/mol. The Hall–Kier alpha value is -0.690. The fraction of sp³-hybridized carbons (Fsp3) is 0.500. The third-order valence-electron chi connectivity index (χ3n) is 2.98. The van der Waals surface area contributed by atoms with Crippen LogP contribution in [0.5, 0.6) is 5.75 Å². The first-order valence-electron chi connectivity index (χ1n) is 5.09. The number of halogens is 1. The number of hydrogen-bond donors (Lipinski definition) is 0. The number of ether oxygens (including phenoxy) is 1. The summed E-state index contributed by atoms with van der Waals surface area (Å²) in [5.74, 6) is 1.46. The van der Waals surface area contributed by atoms with Crippen molar-refractivity contribution in [3.05, 3.63) is 29.8 Å². The fourth-order valence-corrected chi connectivity index (χ4v) is 2.57. The smallest absolute Gasteiger partial charge is 0.118 e. The molecule has 2 rings (SSSR count). The van der Waals surface area contributed by atoms with Gasteiger partial charge in [-0.15, -0.1) is 11.6 Å². The van der Waals surface area contributed by atoms with Crippen molar-refractivity contribution in [1.82, 2.24) is 0 Å². The summed E-state index contributed by atoms with van der Waals surface area (Å²) in [6.45, 7) is 0. The minimum absolute atomic E-state index is 0.323. The molecule has 0 N–H and O–H groups in total. The van der Waals surface area contributed by atoms with Crippen LogP contribution in [0.4, 0.5) is 0 Å². The first kappa shape index (κ1) is 9.85. The lowest BCUT2D eigenvalue weighted by molar-refractivity contribution is 0.414. The molecule has 14 heavy (non-hydrogen) atoms. The van der Waals surface area contributed by atoms with Crippen molar-refractivity contribution in [2.75, 3.05) is 7.11 Å². The Balaban J connectivity index is 2.16. The standard InChI is InChI=1S/C12H15ClO/c1-14-10-7-5-9(6-8-10)11-3-2-4-12(11)13/h5-8,11-12H,2-4H2,1H3. The Bertz CT molecular complexity index is 294. The molecule has 1 aliphatic rings. The van der Waals surface area contributed by atoms with E-state index in [1.54, 1.807) is 7.11 Å². The Morgan fingerprint density at radius 1 is 1.21 bits per heavy atom. The summed E-state index contributed by atoms with van der Waals surface area (Å²) in [6, 6.07) is 8.28. The van der Waals surface area contributed by atoms with E-state index in [2.05, 4.69) is 12.1 Å². The molecule has 1 saturated carbocycles. The molecule has 1 nitrogen and oxygen atoms in total. The van der Waals surface area contributed by atoms with Gasteiger partial charge in [0.25, 0.3) is 0 Å². The van der Waals surface area contributed by atoms with Gasteiger partial charge in [0.15, 0.2) is 0 Å². The summed E-state index contributed by atoms with van der Waals surface area (Å²) >= 11 is 6.26. The van der Waals surface area contributed by atoms with Gasteiger partial charge in [-0.05, 0) is 30.5 Å². The highest BCUT2D eigenvalue weighted by molar-refractivity contribution is 6.21. The molecular weight excluding hydrogens is 196 g/mol. The minimum atomic E-state index is 0.323. The van der Waals surface area contributed by atoms with Crippen LogP contribution in [0.3, 0.4) is 0 Å². The van der Waals surface area contributed by atoms with Gasteiger partial charge in [0.1, 0.15) is 5.75 Å². The highest BCUT2D eigenvalue weighted by Gasteiger charge is 2.26. The van der Waals surface area contributed by atoms with Gasteiger partial charge in [-0.25, -0.2) is 0 Å². The summed E-state index contributed by atoms with van der Waals surface area (Å²) < 4.78 is 5.13. The zero-order valence-electron chi connectivity index (χ0n) is 8.37. The maximum absolute atomic E-state index is 6.26. The lowest BCUT2D eigenvalue weighted by Gasteiger charge is -2.14. The predicted octanol–water partition coefficient (Wildman–Crippen LogP) is 3.57. The van der Waals surface area contributed by atoms with Gasteiger partial charge in [-0.3, -0.25) is 0 Å². The highest BCUT2D eigenvalue weighted by atomic mass is 35.5. The minimum Gasteiger partial charge on any atom is -0.497 e. The number of hydrogen-bond acceptors (Lipinski definition) is 1. The fourth-order valence-electron chi connectivity index (χ4n) is 2.14. The second-order valence-electron chi connectivity index (χ2n) is 3.83. The summed E-state index contributed by atoms with van der Waals surface area (Å²) in [7, 11) is 1.69. The van der Waals surface area contributed by atoms with E-state index in [1.807, 2.05) is 12.1 Å². The zero-order chi connectivity index (χ0) is 9.97. The average molecular weight is 211 g/mol. The van der Waals surface area contributed by atoms with Gasteiger partial charge >= 0.3 is 0 Å². The Morgan fingerprint density at radius 3 is 2.43 bits per heavy atom. The third kappa shape index (κ3) is 1.88. The molecule has 0 radical (unpaired) electrons. The van der Waals surface area contributed by atoms with Crippen molar-refractivity contribution < 1.29 is 4.74 Å². The van der Waals surface area contributed by atoms with Crippen LogP contribution in [0.15, 0.2) is 24.3 Å². The summed E-state index contributed by atoms with van der Waals surface area (Å²) in [6.07, 6.45) is 3.63. The quantitative estimate of drug-likeness (QED) is 0.679.